The van der Waals surface area contributed by atoms with Crippen LogP contribution < -0.4 is 19.8 Å². The second kappa shape index (κ2) is 13.9. The smallest absolute Gasteiger partial charge is 0.264 e. The third-order valence-corrected chi connectivity index (χ3v) is 7.84. The number of sulfonamides is 1. The number of carbonyl (C=O) groups excluding carboxylic acids is 2. The molecule has 0 aliphatic carbocycles. The normalized spacial score (nSPS) is 11.2. The Kier molecular flexibility index (Phi) is 10.1. The fourth-order valence-electron chi connectivity index (χ4n) is 3.55. The molecule has 0 atom stereocenters. The zero-order valence-electron chi connectivity index (χ0n) is 21.7. The van der Waals surface area contributed by atoms with E-state index in [1.807, 2.05) is 0 Å². The first kappa shape index (κ1) is 30.5. The van der Waals surface area contributed by atoms with E-state index in [9.17, 15) is 22.4 Å². The summed E-state index contributed by atoms with van der Waals surface area (Å²) >= 11 is 12.0. The van der Waals surface area contributed by atoms with Crippen LogP contribution in [0.3, 0.4) is 0 Å². The summed E-state index contributed by atoms with van der Waals surface area (Å²) < 4.78 is 46.1. The monoisotopic (exact) mass is 628 g/mol. The van der Waals surface area contributed by atoms with Gasteiger partial charge in [0.15, 0.2) is 6.61 Å². The van der Waals surface area contributed by atoms with Crippen molar-refractivity contribution in [2.45, 2.75) is 4.90 Å². The van der Waals surface area contributed by atoms with Crippen LogP contribution in [0.2, 0.25) is 10.0 Å². The van der Waals surface area contributed by atoms with Gasteiger partial charge < -0.3 is 10.1 Å². The summed E-state index contributed by atoms with van der Waals surface area (Å²) in [4.78, 5) is 24.7. The van der Waals surface area contributed by atoms with Gasteiger partial charge in [-0.15, -0.1) is 0 Å². The molecule has 9 nitrogen and oxygen atoms in total. The summed E-state index contributed by atoms with van der Waals surface area (Å²) in [6, 6.07) is 23.5. The van der Waals surface area contributed by atoms with Crippen LogP contribution in [-0.2, 0) is 19.6 Å². The first-order valence-corrected chi connectivity index (χ1v) is 14.4. The molecule has 216 valence electrons. The van der Waals surface area contributed by atoms with Gasteiger partial charge in [-0.05, 0) is 96.6 Å². The van der Waals surface area contributed by atoms with E-state index in [1.54, 1.807) is 36.4 Å². The van der Waals surface area contributed by atoms with E-state index >= 15 is 0 Å². The molecule has 0 bridgehead atoms. The van der Waals surface area contributed by atoms with E-state index in [0.29, 0.717) is 27.0 Å². The Bertz CT molecular complexity index is 1680. The highest BCUT2D eigenvalue weighted by Crippen LogP contribution is 2.26. The van der Waals surface area contributed by atoms with Crippen molar-refractivity contribution >= 4 is 62.6 Å². The second-order valence-corrected chi connectivity index (χ2v) is 11.4. The van der Waals surface area contributed by atoms with Gasteiger partial charge in [-0.3, -0.25) is 13.9 Å². The maximum absolute atomic E-state index is 13.4. The van der Waals surface area contributed by atoms with Crippen molar-refractivity contribution in [2.24, 2.45) is 5.10 Å². The third-order valence-electron chi connectivity index (χ3n) is 5.57. The Labute approximate surface area is 251 Å². The molecule has 0 aliphatic rings. The van der Waals surface area contributed by atoms with Crippen LogP contribution in [0.1, 0.15) is 5.56 Å². The number of nitrogens with one attached hydrogen (secondary N) is 2. The lowest BCUT2D eigenvalue weighted by Gasteiger charge is -2.23. The number of hydrogen-bond acceptors (Lipinski definition) is 6. The van der Waals surface area contributed by atoms with E-state index in [4.69, 9.17) is 27.9 Å². The molecule has 2 amide bonds. The van der Waals surface area contributed by atoms with E-state index in [1.165, 1.54) is 66.9 Å². The van der Waals surface area contributed by atoms with Crippen LogP contribution in [0.15, 0.2) is 107 Å². The van der Waals surface area contributed by atoms with Crippen molar-refractivity contribution in [2.75, 3.05) is 22.8 Å². The Morgan fingerprint density at radius 3 is 2.24 bits per heavy atom. The predicted octanol–water partition coefficient (Wildman–Crippen LogP) is 5.50. The van der Waals surface area contributed by atoms with Gasteiger partial charge in [0.1, 0.15) is 18.1 Å². The quantitative estimate of drug-likeness (QED) is 0.168. The number of nitrogens with zero attached hydrogens (tertiary/aromatic N) is 2. The maximum atomic E-state index is 13.4. The average molecular weight is 629 g/mol. The van der Waals surface area contributed by atoms with Gasteiger partial charge in [0, 0.05) is 15.7 Å². The number of ether oxygens (including phenoxy) is 1. The first-order chi connectivity index (χ1) is 20.1. The van der Waals surface area contributed by atoms with Crippen LogP contribution >= 0.6 is 23.2 Å². The molecular formula is C29H23Cl2FN4O5S. The van der Waals surface area contributed by atoms with Crippen molar-refractivity contribution < 1.29 is 27.1 Å². The molecule has 0 unspecified atom stereocenters. The summed E-state index contributed by atoms with van der Waals surface area (Å²) in [5.74, 6) is -1.11. The lowest BCUT2D eigenvalue weighted by molar-refractivity contribution is -0.119. The molecule has 4 aromatic carbocycles. The minimum absolute atomic E-state index is 0.0570. The standard InChI is InChI=1S/C29H23Cl2FN4O5S/c30-21-6-14-27(15-7-21)42(39,40)36(25-3-1-2-22(31)16-25)18-28(37)35-33-17-20-4-12-26(13-5-20)41-19-29(38)34-24-10-8-23(32)9-11-24/h1-17H,18-19H2,(H,34,38)(H,35,37)/b33-17-. The van der Waals surface area contributed by atoms with Crippen LogP contribution in [0.4, 0.5) is 15.8 Å². The molecule has 2 N–H and O–H groups in total. The maximum Gasteiger partial charge on any atom is 0.264 e. The molecule has 0 spiro atoms. The van der Waals surface area contributed by atoms with Gasteiger partial charge in [-0.25, -0.2) is 18.2 Å². The number of rotatable bonds is 11. The van der Waals surface area contributed by atoms with E-state index in [-0.39, 0.29) is 17.2 Å². The molecule has 0 fully saturated rings. The molecule has 13 heteroatoms. The molecule has 4 aromatic rings. The Balaban J connectivity index is 1.35. The highest BCUT2D eigenvalue weighted by molar-refractivity contribution is 7.92. The van der Waals surface area contributed by atoms with Gasteiger partial charge >= 0.3 is 0 Å². The number of benzene rings is 4. The molecule has 42 heavy (non-hydrogen) atoms. The molecule has 0 aromatic heterocycles. The summed E-state index contributed by atoms with van der Waals surface area (Å²) in [6.07, 6.45) is 1.36. The number of hydrogen-bond donors (Lipinski definition) is 2. The largest absolute Gasteiger partial charge is 0.484 e. The third kappa shape index (κ3) is 8.53. The van der Waals surface area contributed by atoms with Gasteiger partial charge in [-0.1, -0.05) is 29.3 Å². The highest BCUT2D eigenvalue weighted by atomic mass is 35.5. The molecule has 0 aliphatic heterocycles. The topological polar surface area (TPSA) is 117 Å². The first-order valence-electron chi connectivity index (χ1n) is 12.2. The molecular weight excluding hydrogens is 606 g/mol. The van der Waals surface area contributed by atoms with Gasteiger partial charge in [0.05, 0.1) is 16.8 Å². The van der Waals surface area contributed by atoms with Crippen LogP contribution in [0.25, 0.3) is 0 Å². The van der Waals surface area contributed by atoms with Crippen molar-refractivity contribution in [3.8, 4) is 5.75 Å². The van der Waals surface area contributed by atoms with E-state index in [0.717, 1.165) is 4.31 Å². The predicted molar refractivity (Wildman–Crippen MR) is 160 cm³/mol. The zero-order valence-corrected chi connectivity index (χ0v) is 24.0. The molecule has 4 rings (SSSR count). The SMILES string of the molecule is O=C(CN(c1cccc(Cl)c1)S(=O)(=O)c1ccc(Cl)cc1)N/N=C\c1ccc(OCC(=O)Nc2ccc(F)cc2)cc1. The summed E-state index contributed by atoms with van der Waals surface area (Å²) in [6.45, 7) is -0.835. The van der Waals surface area contributed by atoms with E-state index in [2.05, 4.69) is 15.8 Å². The number of hydrazone groups is 1. The van der Waals surface area contributed by atoms with Crippen molar-refractivity contribution in [1.82, 2.24) is 5.43 Å². The zero-order chi connectivity index (χ0) is 30.1. The number of carbonyl (C=O) groups is 2. The number of halogens is 3. The van der Waals surface area contributed by atoms with Crippen LogP contribution in [0, 0.1) is 5.82 Å². The van der Waals surface area contributed by atoms with Crippen LogP contribution in [-0.4, -0.2) is 39.6 Å². The minimum Gasteiger partial charge on any atom is -0.484 e. The summed E-state index contributed by atoms with van der Waals surface area (Å²) in [5, 5.41) is 7.16. The van der Waals surface area contributed by atoms with Gasteiger partial charge in [0.2, 0.25) is 0 Å². The van der Waals surface area contributed by atoms with Crippen molar-refractivity contribution in [3.05, 3.63) is 118 Å². The van der Waals surface area contributed by atoms with Gasteiger partial charge in [-0.2, -0.15) is 5.10 Å². The second-order valence-electron chi connectivity index (χ2n) is 8.65. The van der Waals surface area contributed by atoms with Gasteiger partial charge in [0.25, 0.3) is 21.8 Å². The highest BCUT2D eigenvalue weighted by Gasteiger charge is 2.27. The molecule has 0 saturated carbocycles. The van der Waals surface area contributed by atoms with E-state index < -0.39 is 34.2 Å². The fraction of sp³-hybridized carbons (Fsp3) is 0.0690. The summed E-state index contributed by atoms with van der Waals surface area (Å²) in [7, 11) is -4.15. The lowest BCUT2D eigenvalue weighted by atomic mass is 10.2. The summed E-state index contributed by atoms with van der Waals surface area (Å²) in [5.41, 5.74) is 3.55. The Morgan fingerprint density at radius 2 is 1.57 bits per heavy atom. The Morgan fingerprint density at radius 1 is 0.881 bits per heavy atom. The van der Waals surface area contributed by atoms with Crippen LogP contribution in [0.5, 0.6) is 5.75 Å². The van der Waals surface area contributed by atoms with Crippen molar-refractivity contribution in [1.29, 1.82) is 0 Å². The average Bonchev–Trinajstić information content (AvgIpc) is 2.97. The Hall–Kier alpha value is -4.45. The van der Waals surface area contributed by atoms with Crippen molar-refractivity contribution in [3.63, 3.8) is 0 Å². The molecule has 0 saturated heterocycles. The molecule has 0 radical (unpaired) electrons. The number of amides is 2. The molecule has 0 heterocycles. The minimum atomic E-state index is -4.15. The number of anilines is 2. The fourth-order valence-corrected chi connectivity index (χ4v) is 5.28. The lowest BCUT2D eigenvalue weighted by Crippen LogP contribution is -2.39.